The van der Waals surface area contributed by atoms with Crippen molar-refractivity contribution >= 4 is 86.0 Å². The van der Waals surface area contributed by atoms with E-state index in [0.29, 0.717) is 54.8 Å². The molecule has 9 rings (SSSR count). The zero-order chi connectivity index (χ0) is 54.5. The number of carbonyl (C=O) groups excluding carboxylic acids is 7. The van der Waals surface area contributed by atoms with Crippen molar-refractivity contribution in [1.29, 1.82) is 0 Å². The molecule has 4 aromatic carbocycles. The Kier molecular flexibility index (Phi) is 18.7. The Labute approximate surface area is 452 Å². The molecule has 19 heteroatoms. The number of ether oxygens (including phenoxy) is 2. The van der Waals surface area contributed by atoms with Gasteiger partial charge in [-0.1, -0.05) is 60.1 Å². The summed E-state index contributed by atoms with van der Waals surface area (Å²) in [5, 5.41) is 3.63. The molecule has 0 saturated heterocycles. The number of fused-ring (bicyclic) bond motifs is 2. The Hall–Kier alpha value is -8.38. The van der Waals surface area contributed by atoms with Crippen LogP contribution in [-0.4, -0.2) is 103 Å². The molecule has 16 nitrogen and oxygen atoms in total. The van der Waals surface area contributed by atoms with Gasteiger partial charge in [-0.2, -0.15) is 0 Å². The summed E-state index contributed by atoms with van der Waals surface area (Å²) >= 11 is 12.3. The number of nitrogens with zero attached hydrogens (tertiary/aromatic N) is 5. The third-order valence-electron chi connectivity index (χ3n) is 12.5. The fourth-order valence-corrected chi connectivity index (χ4v) is 9.19. The highest BCUT2D eigenvalue weighted by Gasteiger charge is 2.38. The number of methoxy groups -OCH3 is 2. The Morgan fingerprint density at radius 2 is 1.07 bits per heavy atom. The van der Waals surface area contributed by atoms with Crippen LogP contribution in [0.15, 0.2) is 146 Å². The summed E-state index contributed by atoms with van der Waals surface area (Å²) in [5.74, 6) is -2.57. The molecular weight excluding hydrogens is 1030 g/mol. The van der Waals surface area contributed by atoms with E-state index in [1.54, 1.807) is 120 Å². The first-order valence-electron chi connectivity index (χ1n) is 24.2. The fraction of sp³-hybridized carbons (Fsp3) is 0.193. The van der Waals surface area contributed by atoms with Crippen molar-refractivity contribution in [2.45, 2.75) is 57.4 Å². The van der Waals surface area contributed by atoms with E-state index in [0.717, 1.165) is 0 Å². The van der Waals surface area contributed by atoms with E-state index in [2.05, 4.69) is 26.8 Å². The van der Waals surface area contributed by atoms with E-state index in [9.17, 15) is 33.6 Å². The Morgan fingerprint density at radius 3 is 1.51 bits per heavy atom. The van der Waals surface area contributed by atoms with Gasteiger partial charge in [0.05, 0.1) is 43.1 Å². The topological polar surface area (TPSA) is 221 Å². The molecule has 0 radical (unpaired) electrons. The quantitative estimate of drug-likeness (QED) is 0.0692. The van der Waals surface area contributed by atoms with Crippen molar-refractivity contribution in [3.63, 3.8) is 0 Å². The second-order valence-electron chi connectivity index (χ2n) is 17.3. The van der Waals surface area contributed by atoms with Crippen LogP contribution in [0.4, 0.5) is 11.4 Å². The lowest BCUT2D eigenvalue weighted by atomic mass is 9.99. The zero-order valence-corrected chi connectivity index (χ0v) is 45.5. The highest BCUT2D eigenvalue weighted by molar-refractivity contribution is 6.31. The number of amides is 3. The van der Waals surface area contributed by atoms with Crippen LogP contribution in [0, 0.1) is 0 Å². The number of hydrogen-bond acceptors (Lipinski definition) is 13. The van der Waals surface area contributed by atoms with Crippen molar-refractivity contribution < 1.29 is 43.0 Å². The summed E-state index contributed by atoms with van der Waals surface area (Å²) in [6, 6.07) is 33.7. The molecule has 0 fully saturated rings. The van der Waals surface area contributed by atoms with E-state index in [1.165, 1.54) is 41.6 Å². The molecule has 0 aliphatic carbocycles. The predicted octanol–water partition coefficient (Wildman–Crippen LogP) is 7.43. The number of rotatable bonds is 12. The van der Waals surface area contributed by atoms with Gasteiger partial charge in [0.1, 0.15) is 5.69 Å². The molecule has 2 aliphatic heterocycles. The molecule has 2 atom stereocenters. The van der Waals surface area contributed by atoms with Crippen molar-refractivity contribution in [2.24, 2.45) is 0 Å². The molecule has 0 saturated carbocycles. The molecule has 0 bridgehead atoms. The molecule has 3 amide bonds. The number of ketones is 2. The van der Waals surface area contributed by atoms with E-state index in [1.807, 2.05) is 18.2 Å². The lowest BCUT2D eigenvalue weighted by Crippen LogP contribution is -2.45. The first-order chi connectivity index (χ1) is 36.7. The number of halogens is 2. The fourth-order valence-electron chi connectivity index (χ4n) is 8.80. The summed E-state index contributed by atoms with van der Waals surface area (Å²) < 4.78 is 9.64. The minimum atomic E-state index is -0.810. The van der Waals surface area contributed by atoms with Crippen molar-refractivity contribution in [2.75, 3.05) is 25.3 Å². The lowest BCUT2D eigenvalue weighted by Gasteiger charge is -2.29. The number of hydrogen-bond donors (Lipinski definition) is 2. The molecular formula is C57H53Cl2N7O9Si. The Morgan fingerprint density at radius 1 is 0.605 bits per heavy atom. The van der Waals surface area contributed by atoms with Crippen LogP contribution in [0.25, 0.3) is 0 Å². The monoisotopic (exact) mass is 1080 g/mol. The number of nitrogen functional groups attached to an aromatic ring is 1. The molecule has 76 heavy (non-hydrogen) atoms. The average molecular weight is 1080 g/mol. The standard InChI is InChI=1S/C31H25ClN4O5.C25H22ClN3O4.CH6Si/c1-41-31(40)24-10-8-19(14-26(24)35-29(38)25-7-3-5-13-34-25)18-36-27(17-22-6-2-4-12-33-22)28(37)16-20-15-21(32)9-11-23(20)30(36)39;1-33-25(32)20-7-5-15(10-21(20)27)14-29-22(13-18-4-2-3-9-28-18)23(30)12-16-11-17(26)6-8-19(16)24(29)31;1-2/h2-15,27H,16-18H2,1H3,(H,35,38);2-11,22H,12-14,27H2,1H3;1-2H3/t27-;22-;/m11./s1. The minimum Gasteiger partial charge on any atom is -0.465 e. The predicted molar refractivity (Wildman–Crippen MR) is 291 cm³/mol. The largest absolute Gasteiger partial charge is 0.465 e. The lowest BCUT2D eigenvalue weighted by molar-refractivity contribution is -0.123. The van der Waals surface area contributed by atoms with Crippen LogP contribution in [0.5, 0.6) is 0 Å². The number of benzene rings is 4. The highest BCUT2D eigenvalue weighted by atomic mass is 35.5. The van der Waals surface area contributed by atoms with Crippen LogP contribution in [-0.2, 0) is 57.8 Å². The number of nitrogens with two attached hydrogens (primary N) is 1. The van der Waals surface area contributed by atoms with Crippen LogP contribution < -0.4 is 11.1 Å². The highest BCUT2D eigenvalue weighted by Crippen LogP contribution is 2.30. The van der Waals surface area contributed by atoms with Crippen molar-refractivity contribution in [3.05, 3.63) is 218 Å². The first-order valence-corrected chi connectivity index (χ1v) is 26.9. The number of pyridine rings is 3. The van der Waals surface area contributed by atoms with Gasteiger partial charge in [0, 0.05) is 95.6 Å². The second kappa shape index (κ2) is 25.7. The number of carbonyl (C=O) groups is 7. The first kappa shape index (κ1) is 55.4. The van der Waals surface area contributed by atoms with Gasteiger partial charge in [0.2, 0.25) is 0 Å². The number of anilines is 2. The van der Waals surface area contributed by atoms with Gasteiger partial charge in [0.15, 0.2) is 11.6 Å². The molecule has 7 aromatic rings. The number of nitrogens with one attached hydrogen (secondary N) is 1. The molecule has 0 spiro atoms. The maximum atomic E-state index is 13.9. The molecule has 3 aromatic heterocycles. The minimum absolute atomic E-state index is 0.0258. The number of Topliss-reactive ketones (excluding diaryl/α,β-unsaturated/α-hetero) is 2. The zero-order valence-electron chi connectivity index (χ0n) is 42.0. The van der Waals surface area contributed by atoms with Crippen molar-refractivity contribution in [3.8, 4) is 0 Å². The van der Waals surface area contributed by atoms with E-state index in [-0.39, 0.29) is 90.3 Å². The SMILES string of the molecule is COC(=O)c1ccc(CN2C(=O)c3ccc(Cl)cc3CC(=O)[C@H]2Cc2ccccn2)cc1N.COC(=O)c1ccc(CN2C(=O)c3ccc(Cl)cc3CC(=O)[C@H]2Cc2ccccn2)cc1NC(=O)c1ccccn1.C[SiH3]. The smallest absolute Gasteiger partial charge is 0.339 e. The third-order valence-corrected chi connectivity index (χ3v) is 12.9. The maximum absolute atomic E-state index is 13.9. The van der Waals surface area contributed by atoms with Crippen molar-refractivity contribution in [1.82, 2.24) is 24.8 Å². The average Bonchev–Trinajstić information content (AvgIpc) is 3.59. The third kappa shape index (κ3) is 13.3. The number of aromatic nitrogens is 3. The summed E-state index contributed by atoms with van der Waals surface area (Å²) in [6.45, 7) is 2.30. The summed E-state index contributed by atoms with van der Waals surface area (Å²) in [7, 11) is 3.83. The molecule has 5 heterocycles. The van der Waals surface area contributed by atoms with Crippen LogP contribution in [0.3, 0.4) is 0 Å². The van der Waals surface area contributed by atoms with Crippen LogP contribution >= 0.6 is 23.2 Å². The molecule has 0 unspecified atom stereocenters. The summed E-state index contributed by atoms with van der Waals surface area (Å²) in [6.07, 6.45) is 5.42. The normalized spacial score (nSPS) is 14.9. The summed E-state index contributed by atoms with van der Waals surface area (Å²) in [5.41, 5.74) is 11.6. The summed E-state index contributed by atoms with van der Waals surface area (Å²) in [4.78, 5) is 108. The van der Waals surface area contributed by atoms with E-state index in [4.69, 9.17) is 38.4 Å². The van der Waals surface area contributed by atoms with Gasteiger partial charge >= 0.3 is 11.9 Å². The van der Waals surface area contributed by atoms with Crippen LogP contribution in [0.2, 0.25) is 16.6 Å². The molecule has 388 valence electrons. The Bertz CT molecular complexity index is 3300. The van der Waals surface area contributed by atoms with Gasteiger partial charge in [-0.15, -0.1) is 0 Å². The molecule has 3 N–H and O–H groups in total. The van der Waals surface area contributed by atoms with Gasteiger partial charge in [0.25, 0.3) is 17.7 Å². The molecule has 2 aliphatic rings. The number of esters is 2. The van der Waals surface area contributed by atoms with Gasteiger partial charge in [-0.3, -0.25) is 38.9 Å². The Balaban J connectivity index is 0.000000219. The second-order valence-corrected chi connectivity index (χ2v) is 18.2. The maximum Gasteiger partial charge on any atom is 0.339 e. The van der Waals surface area contributed by atoms with Gasteiger partial charge in [-0.25, -0.2) is 9.59 Å². The van der Waals surface area contributed by atoms with E-state index < -0.39 is 29.9 Å². The van der Waals surface area contributed by atoms with E-state index >= 15 is 0 Å². The van der Waals surface area contributed by atoms with Gasteiger partial charge < -0.3 is 30.3 Å². The van der Waals surface area contributed by atoms with Crippen LogP contribution in [0.1, 0.15) is 85.6 Å². The van der Waals surface area contributed by atoms with Gasteiger partial charge in [-0.05, 0) is 130 Å².